The second-order valence-corrected chi connectivity index (χ2v) is 7.89. The van der Waals surface area contributed by atoms with Crippen LogP contribution in [0.15, 0.2) is 54.9 Å². The van der Waals surface area contributed by atoms with Crippen LogP contribution in [0.1, 0.15) is 35.4 Å². The molecule has 2 aromatic carbocycles. The smallest absolute Gasteiger partial charge is 0.320 e. The van der Waals surface area contributed by atoms with Crippen LogP contribution in [0.2, 0.25) is 0 Å². The number of nitrogens with one attached hydrogen (secondary N) is 1. The fourth-order valence-corrected chi connectivity index (χ4v) is 4.50. The van der Waals surface area contributed by atoms with E-state index in [1.54, 1.807) is 18.5 Å². The van der Waals surface area contributed by atoms with Crippen LogP contribution in [0.4, 0.5) is 9.18 Å². The maximum atomic E-state index is 14.8. The SMILES string of the molecule is O=C(N1CCC(c2ccc(-c3cn[nH]c3)cc2F)CC1)N1Cc2ccccc2C1. The Hall–Kier alpha value is -3.15. The van der Waals surface area contributed by atoms with Crippen LogP contribution in [-0.2, 0) is 13.1 Å². The molecule has 5 nitrogen and oxygen atoms in total. The van der Waals surface area contributed by atoms with E-state index in [9.17, 15) is 9.18 Å². The quantitative estimate of drug-likeness (QED) is 0.699. The van der Waals surface area contributed by atoms with Crippen molar-refractivity contribution >= 4 is 6.03 Å². The number of amides is 2. The lowest BCUT2D eigenvalue weighted by Crippen LogP contribution is -2.44. The van der Waals surface area contributed by atoms with Gasteiger partial charge in [0.2, 0.25) is 0 Å². The van der Waals surface area contributed by atoms with Crippen molar-refractivity contribution < 1.29 is 9.18 Å². The summed E-state index contributed by atoms with van der Waals surface area (Å²) in [4.78, 5) is 16.7. The molecule has 1 N–H and O–H groups in total. The molecule has 1 fully saturated rings. The lowest BCUT2D eigenvalue weighted by molar-refractivity contribution is 0.139. The molecule has 3 aromatic rings. The third-order valence-corrected chi connectivity index (χ3v) is 6.15. The second-order valence-electron chi connectivity index (χ2n) is 7.89. The van der Waals surface area contributed by atoms with E-state index in [2.05, 4.69) is 22.3 Å². The molecule has 148 valence electrons. The first-order chi connectivity index (χ1) is 14.2. The number of hydrogen-bond donors (Lipinski definition) is 1. The van der Waals surface area contributed by atoms with Crippen LogP contribution >= 0.6 is 0 Å². The van der Waals surface area contributed by atoms with E-state index >= 15 is 0 Å². The molecule has 6 heteroatoms. The van der Waals surface area contributed by atoms with Gasteiger partial charge in [0, 0.05) is 37.9 Å². The predicted octanol–water partition coefficient (Wildman–Crippen LogP) is 4.53. The summed E-state index contributed by atoms with van der Waals surface area (Å²) in [6.45, 7) is 2.69. The number of carbonyl (C=O) groups is 1. The molecule has 29 heavy (non-hydrogen) atoms. The molecular weight excluding hydrogens is 367 g/mol. The van der Waals surface area contributed by atoms with Crippen LogP contribution in [0.5, 0.6) is 0 Å². The standard InChI is InChI=1S/C23H23FN4O/c24-22-11-17(20-12-25-26-13-20)5-6-21(22)16-7-9-27(10-8-16)23(29)28-14-18-3-1-2-4-19(18)15-28/h1-6,11-13,16H,7-10,14-15H2,(H,25,26). The molecule has 0 aliphatic carbocycles. The molecule has 2 aliphatic heterocycles. The number of piperidine rings is 1. The Labute approximate surface area is 169 Å². The van der Waals surface area contributed by atoms with Gasteiger partial charge in [-0.25, -0.2) is 9.18 Å². The first kappa shape index (κ1) is 17.9. The minimum Gasteiger partial charge on any atom is -0.325 e. The summed E-state index contributed by atoms with van der Waals surface area (Å²) in [6.07, 6.45) is 5.02. The van der Waals surface area contributed by atoms with E-state index in [1.807, 2.05) is 34.1 Å². The molecule has 1 aromatic heterocycles. The van der Waals surface area contributed by atoms with Gasteiger partial charge in [-0.1, -0.05) is 36.4 Å². The van der Waals surface area contributed by atoms with Gasteiger partial charge < -0.3 is 9.80 Å². The number of fused-ring (bicyclic) bond motifs is 1. The van der Waals surface area contributed by atoms with E-state index in [0.717, 1.165) is 29.5 Å². The summed E-state index contributed by atoms with van der Waals surface area (Å²) in [5.74, 6) is -0.0308. The van der Waals surface area contributed by atoms with Crippen LogP contribution in [0, 0.1) is 5.82 Å². The maximum absolute atomic E-state index is 14.8. The van der Waals surface area contributed by atoms with E-state index in [4.69, 9.17) is 0 Å². The highest BCUT2D eigenvalue weighted by atomic mass is 19.1. The van der Waals surface area contributed by atoms with Gasteiger partial charge in [0.25, 0.3) is 0 Å². The summed E-state index contributed by atoms with van der Waals surface area (Å²) >= 11 is 0. The van der Waals surface area contributed by atoms with Crippen molar-refractivity contribution in [3.63, 3.8) is 0 Å². The zero-order valence-corrected chi connectivity index (χ0v) is 16.1. The van der Waals surface area contributed by atoms with Gasteiger partial charge in [-0.15, -0.1) is 0 Å². The zero-order valence-electron chi connectivity index (χ0n) is 16.1. The van der Waals surface area contributed by atoms with Gasteiger partial charge in [0.05, 0.1) is 6.20 Å². The zero-order chi connectivity index (χ0) is 19.8. The summed E-state index contributed by atoms with van der Waals surface area (Å²) in [6, 6.07) is 13.7. The van der Waals surface area contributed by atoms with Crippen LogP contribution in [-0.4, -0.2) is 39.1 Å². The highest BCUT2D eigenvalue weighted by Gasteiger charge is 2.30. The van der Waals surface area contributed by atoms with Crippen molar-refractivity contribution in [3.05, 3.63) is 77.4 Å². The molecule has 2 aliphatic rings. The van der Waals surface area contributed by atoms with Crippen LogP contribution in [0.3, 0.4) is 0 Å². The first-order valence-corrected chi connectivity index (χ1v) is 10.1. The Morgan fingerprint density at radius 3 is 2.34 bits per heavy atom. The minimum atomic E-state index is -0.177. The molecule has 0 unspecified atom stereocenters. The number of nitrogens with zero attached hydrogens (tertiary/aromatic N) is 3. The summed E-state index contributed by atoms with van der Waals surface area (Å²) < 4.78 is 14.8. The largest absolute Gasteiger partial charge is 0.325 e. The van der Waals surface area contributed by atoms with E-state index in [1.165, 1.54) is 11.1 Å². The van der Waals surface area contributed by atoms with Gasteiger partial charge in [0.15, 0.2) is 0 Å². The molecule has 1 saturated heterocycles. The lowest BCUT2D eigenvalue weighted by atomic mass is 9.88. The number of benzene rings is 2. The average molecular weight is 390 g/mol. The number of aromatic nitrogens is 2. The van der Waals surface area contributed by atoms with Crippen molar-refractivity contribution in [1.29, 1.82) is 0 Å². The Balaban J connectivity index is 1.22. The highest BCUT2D eigenvalue weighted by molar-refractivity contribution is 5.75. The Morgan fingerprint density at radius 1 is 1.00 bits per heavy atom. The number of urea groups is 1. The Kier molecular flexibility index (Phi) is 4.54. The normalized spacial score (nSPS) is 16.9. The first-order valence-electron chi connectivity index (χ1n) is 10.1. The predicted molar refractivity (Wildman–Crippen MR) is 109 cm³/mol. The van der Waals surface area contributed by atoms with Gasteiger partial charge in [-0.2, -0.15) is 5.10 Å². The van der Waals surface area contributed by atoms with E-state index < -0.39 is 0 Å². The number of likely N-dealkylation sites (tertiary alicyclic amines) is 1. The minimum absolute atomic E-state index is 0.0930. The summed E-state index contributed by atoms with van der Waals surface area (Å²) in [5, 5.41) is 6.68. The summed E-state index contributed by atoms with van der Waals surface area (Å²) in [7, 11) is 0. The fourth-order valence-electron chi connectivity index (χ4n) is 4.50. The molecule has 0 atom stereocenters. The van der Waals surface area contributed by atoms with E-state index in [0.29, 0.717) is 26.2 Å². The van der Waals surface area contributed by atoms with Crippen molar-refractivity contribution in [2.75, 3.05) is 13.1 Å². The second kappa shape index (κ2) is 7.35. The topological polar surface area (TPSA) is 52.2 Å². The van der Waals surface area contributed by atoms with Crippen LogP contribution < -0.4 is 0 Å². The third-order valence-electron chi connectivity index (χ3n) is 6.15. The number of hydrogen-bond acceptors (Lipinski definition) is 2. The highest BCUT2D eigenvalue weighted by Crippen LogP contribution is 2.33. The average Bonchev–Trinajstić information content (AvgIpc) is 3.43. The number of H-pyrrole nitrogens is 1. The summed E-state index contributed by atoms with van der Waals surface area (Å²) in [5.41, 5.74) is 4.91. The molecule has 5 rings (SSSR count). The van der Waals surface area contributed by atoms with Gasteiger partial charge in [-0.05, 0) is 47.1 Å². The number of halogens is 1. The monoisotopic (exact) mass is 390 g/mol. The third kappa shape index (κ3) is 3.39. The number of rotatable bonds is 2. The molecule has 0 spiro atoms. The number of carbonyl (C=O) groups excluding carboxylic acids is 1. The van der Waals surface area contributed by atoms with Crippen molar-refractivity contribution in [2.24, 2.45) is 0 Å². The molecule has 2 amide bonds. The van der Waals surface area contributed by atoms with Gasteiger partial charge in [0.1, 0.15) is 5.82 Å². The molecule has 0 radical (unpaired) electrons. The molecule has 0 saturated carbocycles. The van der Waals surface area contributed by atoms with Gasteiger partial charge >= 0.3 is 6.03 Å². The van der Waals surface area contributed by atoms with Gasteiger partial charge in [-0.3, -0.25) is 5.10 Å². The van der Waals surface area contributed by atoms with E-state index in [-0.39, 0.29) is 17.8 Å². The fraction of sp³-hybridized carbons (Fsp3) is 0.304. The lowest BCUT2D eigenvalue weighted by Gasteiger charge is -2.34. The van der Waals surface area contributed by atoms with Crippen molar-refractivity contribution in [3.8, 4) is 11.1 Å². The molecule has 3 heterocycles. The Bertz CT molecular complexity index is 1000. The molecular formula is C23H23FN4O. The number of aromatic amines is 1. The van der Waals surface area contributed by atoms with Crippen LogP contribution in [0.25, 0.3) is 11.1 Å². The van der Waals surface area contributed by atoms with Crippen molar-refractivity contribution in [2.45, 2.75) is 31.8 Å². The molecule has 0 bridgehead atoms. The Morgan fingerprint density at radius 2 is 1.72 bits per heavy atom. The van der Waals surface area contributed by atoms with Crippen molar-refractivity contribution in [1.82, 2.24) is 20.0 Å². The maximum Gasteiger partial charge on any atom is 0.320 e.